The summed E-state index contributed by atoms with van der Waals surface area (Å²) in [5, 5.41) is 38.1. The van der Waals surface area contributed by atoms with Crippen LogP contribution in [0.1, 0.15) is 75.3 Å². The third kappa shape index (κ3) is 5.00. The molecule has 0 aromatic heterocycles. The predicted molar refractivity (Wildman–Crippen MR) is 167 cm³/mol. The van der Waals surface area contributed by atoms with Gasteiger partial charge in [-0.3, -0.25) is 19.3 Å². The van der Waals surface area contributed by atoms with Gasteiger partial charge in [-0.05, 0) is 24.8 Å². The van der Waals surface area contributed by atoms with Crippen LogP contribution >= 0.6 is 0 Å². The van der Waals surface area contributed by atoms with Gasteiger partial charge in [0.1, 0.15) is 22.8 Å². The fourth-order valence-corrected chi connectivity index (χ4v) is 8.36. The Kier molecular flexibility index (Phi) is 8.47. The topological polar surface area (TPSA) is 199 Å². The Balaban J connectivity index is 1.29. The number of nitrogens with zero attached hydrogens (tertiary/aromatic N) is 1. The maximum Gasteiger partial charge on any atom is 0.252 e. The number of ketones is 2. The van der Waals surface area contributed by atoms with Crippen molar-refractivity contribution in [1.29, 1.82) is 0 Å². The normalized spacial score (nSPS) is 32.5. The number of amides is 1. The van der Waals surface area contributed by atoms with Gasteiger partial charge in [-0.25, -0.2) is 0 Å². The second-order valence-electron chi connectivity index (χ2n) is 13.3. The number of aromatic hydroxyl groups is 2. The van der Waals surface area contributed by atoms with Gasteiger partial charge in [-0.1, -0.05) is 19.1 Å². The van der Waals surface area contributed by atoms with Crippen LogP contribution in [0, 0.1) is 5.92 Å². The summed E-state index contributed by atoms with van der Waals surface area (Å²) in [5.74, 6) is -3.07. The lowest BCUT2D eigenvalue weighted by atomic mass is 9.72. The molecule has 2 aromatic rings. The number of phenolic OH excluding ortho intramolecular Hbond substituents is 2. The highest BCUT2D eigenvalue weighted by Crippen LogP contribution is 2.53. The number of carbonyl (C=O) groups excluding carboxylic acids is 3. The highest BCUT2D eigenvalue weighted by molar-refractivity contribution is 6.31. The van der Waals surface area contributed by atoms with Crippen molar-refractivity contribution in [3.63, 3.8) is 0 Å². The van der Waals surface area contributed by atoms with Crippen LogP contribution in [0.3, 0.4) is 0 Å². The minimum atomic E-state index is -2.09. The molecule has 2 aromatic carbocycles. The zero-order valence-corrected chi connectivity index (χ0v) is 27.1. The molecule has 3 aliphatic carbocycles. The molecule has 7 rings (SSSR count). The largest absolute Gasteiger partial charge is 0.507 e. The zero-order chi connectivity index (χ0) is 34.1. The molecule has 5 aliphatic rings. The molecule has 14 nitrogen and oxygen atoms in total. The highest BCUT2D eigenvalue weighted by atomic mass is 16.7. The summed E-state index contributed by atoms with van der Waals surface area (Å²) >= 11 is 0. The minimum Gasteiger partial charge on any atom is -0.507 e. The van der Waals surface area contributed by atoms with E-state index in [1.54, 1.807) is 13.2 Å². The van der Waals surface area contributed by atoms with E-state index in [1.165, 1.54) is 19.2 Å². The van der Waals surface area contributed by atoms with Crippen LogP contribution in [0.5, 0.6) is 17.2 Å². The van der Waals surface area contributed by atoms with Crippen molar-refractivity contribution in [2.75, 3.05) is 40.5 Å². The number of aliphatic hydroxyl groups is 1. The molecule has 0 spiro atoms. The molecular formula is C34H41N3O11. The van der Waals surface area contributed by atoms with E-state index in [1.807, 2.05) is 0 Å². The molecule has 1 saturated carbocycles. The Hall–Kier alpha value is -3.63. The van der Waals surface area contributed by atoms with Crippen molar-refractivity contribution >= 4 is 17.5 Å². The van der Waals surface area contributed by atoms with Gasteiger partial charge in [-0.2, -0.15) is 0 Å². The molecule has 3 fully saturated rings. The number of nitrogens with one attached hydrogen (secondary N) is 1. The van der Waals surface area contributed by atoms with E-state index in [0.29, 0.717) is 26.0 Å². The van der Waals surface area contributed by atoms with Gasteiger partial charge in [-0.15, -0.1) is 0 Å². The summed E-state index contributed by atoms with van der Waals surface area (Å²) in [5.41, 5.74) is 2.74. The molecule has 1 amide bonds. The number of phenols is 2. The third-order valence-electron chi connectivity index (χ3n) is 10.5. The van der Waals surface area contributed by atoms with Gasteiger partial charge in [0.25, 0.3) is 5.91 Å². The number of hydrogen-bond acceptors (Lipinski definition) is 13. The number of carbonyl (C=O) groups is 3. The number of hydrogen-bond donors (Lipinski definition) is 5. The first-order chi connectivity index (χ1) is 23.0. The molecule has 0 radical (unpaired) electrons. The molecule has 6 N–H and O–H groups in total. The number of benzene rings is 2. The smallest absolute Gasteiger partial charge is 0.252 e. The molecule has 258 valence electrons. The molecule has 2 saturated heterocycles. The Bertz CT molecular complexity index is 1670. The first-order valence-electron chi connectivity index (χ1n) is 16.3. The lowest BCUT2D eigenvalue weighted by Gasteiger charge is -2.43. The fourth-order valence-electron chi connectivity index (χ4n) is 8.36. The number of morpholine rings is 1. The average Bonchev–Trinajstić information content (AvgIpc) is 3.46. The number of methoxy groups -OCH3 is 2. The monoisotopic (exact) mass is 667 g/mol. The van der Waals surface area contributed by atoms with E-state index < -0.39 is 65.1 Å². The van der Waals surface area contributed by atoms with Crippen molar-refractivity contribution in [3.8, 4) is 17.2 Å². The maximum atomic E-state index is 14.0. The predicted octanol–water partition coefficient (Wildman–Crippen LogP) is 0.888. The van der Waals surface area contributed by atoms with E-state index >= 15 is 0 Å². The minimum absolute atomic E-state index is 0.00252. The van der Waals surface area contributed by atoms with Gasteiger partial charge in [0.15, 0.2) is 18.3 Å². The fraction of sp³-hybridized carbons (Fsp3) is 0.559. The Labute approximate surface area is 277 Å². The summed E-state index contributed by atoms with van der Waals surface area (Å²) < 4.78 is 29.8. The van der Waals surface area contributed by atoms with Crippen molar-refractivity contribution in [2.45, 2.75) is 75.1 Å². The van der Waals surface area contributed by atoms with E-state index in [4.69, 9.17) is 29.4 Å². The van der Waals surface area contributed by atoms with Gasteiger partial charge >= 0.3 is 0 Å². The van der Waals surface area contributed by atoms with Gasteiger partial charge in [0.2, 0.25) is 5.78 Å². The summed E-state index contributed by atoms with van der Waals surface area (Å²) in [7, 11) is 2.95. The number of rotatable bonds is 7. The van der Waals surface area contributed by atoms with E-state index in [-0.39, 0.29) is 77.4 Å². The maximum absolute atomic E-state index is 14.0. The van der Waals surface area contributed by atoms with E-state index in [2.05, 4.69) is 17.1 Å². The highest BCUT2D eigenvalue weighted by Gasteiger charge is 2.54. The second kappa shape index (κ2) is 12.4. The summed E-state index contributed by atoms with van der Waals surface area (Å²) in [6.45, 7) is 3.41. The molecule has 48 heavy (non-hydrogen) atoms. The molecule has 2 heterocycles. The molecule has 2 aliphatic heterocycles. The summed E-state index contributed by atoms with van der Waals surface area (Å²) in [4.78, 5) is 43.4. The molecule has 8 atom stereocenters. The number of nitrogens with two attached hydrogens (primary N) is 1. The average molecular weight is 668 g/mol. The molecule has 14 heteroatoms. The summed E-state index contributed by atoms with van der Waals surface area (Å²) in [6, 6.07) is 4.49. The first kappa shape index (κ1) is 32.9. The second-order valence-corrected chi connectivity index (χ2v) is 13.3. The van der Waals surface area contributed by atoms with E-state index in [0.717, 1.165) is 0 Å². The van der Waals surface area contributed by atoms with Crippen LogP contribution < -0.4 is 15.8 Å². The lowest BCUT2D eigenvalue weighted by molar-refractivity contribution is -0.245. The van der Waals surface area contributed by atoms with E-state index in [9.17, 15) is 29.7 Å². The third-order valence-corrected chi connectivity index (χ3v) is 10.5. The quantitative estimate of drug-likeness (QED) is 0.223. The number of fused-ring (bicyclic) bond motifs is 6. The van der Waals surface area contributed by atoms with Crippen LogP contribution in [0.25, 0.3) is 0 Å². The SMILES string of the molecule is COc1cccc2c1C(=O)c1c(O)c3c(c(O)c1C2=O)C[C@@](O)(C(=O)NCCN)C[C@@H]3O[C@H]1C[C@@H](C)[C@H]2O[C@@H]3C(OC)OCCN3[C@H]2C1. The van der Waals surface area contributed by atoms with Gasteiger partial charge in [0.05, 0.1) is 48.7 Å². The van der Waals surface area contributed by atoms with Crippen LogP contribution in [-0.4, -0.2) is 115 Å². The van der Waals surface area contributed by atoms with Crippen LogP contribution in [-0.2, 0) is 30.2 Å². The zero-order valence-electron chi connectivity index (χ0n) is 27.1. The van der Waals surface area contributed by atoms with Gasteiger partial charge < -0.3 is 50.1 Å². The van der Waals surface area contributed by atoms with Crippen molar-refractivity contribution in [1.82, 2.24) is 10.2 Å². The Morgan fingerprint density at radius 3 is 2.62 bits per heavy atom. The molecular weight excluding hydrogens is 626 g/mol. The van der Waals surface area contributed by atoms with Crippen molar-refractivity contribution in [3.05, 3.63) is 51.6 Å². The van der Waals surface area contributed by atoms with Crippen LogP contribution in [0.2, 0.25) is 0 Å². The first-order valence-corrected chi connectivity index (χ1v) is 16.3. The number of ether oxygens (including phenoxy) is 5. The molecule has 1 unspecified atom stereocenters. The lowest BCUT2D eigenvalue weighted by Crippen LogP contribution is -2.54. The van der Waals surface area contributed by atoms with Crippen LogP contribution in [0.15, 0.2) is 18.2 Å². The van der Waals surface area contributed by atoms with Crippen molar-refractivity contribution < 1.29 is 53.4 Å². The Morgan fingerprint density at radius 1 is 1.12 bits per heavy atom. The van der Waals surface area contributed by atoms with Gasteiger partial charge in [0, 0.05) is 62.3 Å². The Morgan fingerprint density at radius 2 is 1.90 bits per heavy atom. The van der Waals surface area contributed by atoms with Crippen molar-refractivity contribution in [2.24, 2.45) is 11.7 Å². The molecule has 0 bridgehead atoms. The standard InChI is InChI=1S/C34H41N3O11/c1-15-11-16(12-19-30(15)48-31-32(45-3)46-10-9-37(19)31)47-21-14-34(43,33(42)36-8-7-35)13-18-23(21)29(41)25-24(27(18)39)26(38)17-5-4-6-20(44-2)22(17)28(25)40/h4-6,15-16,19,21,30-32,39,41,43H,7-14,35H2,1-3H3,(H,36,42)/t15-,16+,19+,21+,30-,31-,32?,34+/m1/s1. The van der Waals surface area contributed by atoms with Crippen LogP contribution in [0.4, 0.5) is 0 Å². The summed E-state index contributed by atoms with van der Waals surface area (Å²) in [6.07, 6.45) is -2.19.